The average molecular weight is 345 g/mol. The second kappa shape index (κ2) is 6.41. The smallest absolute Gasteiger partial charge is 0.226 e. The first kappa shape index (κ1) is 14.3. The van der Waals surface area contributed by atoms with E-state index in [0.29, 0.717) is 5.89 Å². The Labute approximate surface area is 132 Å². The molecule has 2 aromatic carbocycles. The first-order valence-electron chi connectivity index (χ1n) is 7.11. The van der Waals surface area contributed by atoms with E-state index in [1.807, 2.05) is 12.1 Å². The lowest BCUT2D eigenvalue weighted by Crippen LogP contribution is -2.13. The minimum atomic E-state index is 0.674. The molecule has 0 aliphatic carbocycles. The van der Waals surface area contributed by atoms with E-state index in [4.69, 9.17) is 4.42 Å². The fourth-order valence-electron chi connectivity index (χ4n) is 2.26. The van der Waals surface area contributed by atoms with Gasteiger partial charge in [-0.3, -0.25) is 0 Å². The van der Waals surface area contributed by atoms with Crippen LogP contribution in [0.3, 0.4) is 0 Å². The lowest BCUT2D eigenvalue weighted by Gasteiger charge is -2.01. The molecule has 3 rings (SSSR count). The van der Waals surface area contributed by atoms with Crippen LogP contribution in [0.1, 0.15) is 19.0 Å². The van der Waals surface area contributed by atoms with Gasteiger partial charge in [-0.1, -0.05) is 35.0 Å². The molecule has 0 saturated carbocycles. The number of aromatic nitrogens is 1. The van der Waals surface area contributed by atoms with Crippen molar-refractivity contribution in [3.8, 4) is 11.5 Å². The third kappa shape index (κ3) is 3.34. The maximum atomic E-state index is 5.59. The monoisotopic (exact) mass is 344 g/mol. The van der Waals surface area contributed by atoms with Crippen molar-refractivity contribution in [1.29, 1.82) is 0 Å². The van der Waals surface area contributed by atoms with Crippen LogP contribution < -0.4 is 5.32 Å². The molecule has 0 spiro atoms. The maximum Gasteiger partial charge on any atom is 0.226 e. The van der Waals surface area contributed by atoms with Crippen LogP contribution in [-0.4, -0.2) is 11.5 Å². The molecule has 0 saturated heterocycles. The zero-order chi connectivity index (χ0) is 14.7. The standard InChI is InChI=1S/C17H17BrN2O/c1-2-7-19-10-16-11-21-17(20-16)14-4-3-13-9-15(18)6-5-12(13)8-14/h3-6,8-9,11,19H,2,7,10H2,1H3. The third-order valence-electron chi connectivity index (χ3n) is 3.33. The summed E-state index contributed by atoms with van der Waals surface area (Å²) in [4.78, 5) is 4.54. The Morgan fingerprint density at radius 2 is 1.95 bits per heavy atom. The number of hydrogen-bond acceptors (Lipinski definition) is 3. The molecule has 1 N–H and O–H groups in total. The highest BCUT2D eigenvalue weighted by Gasteiger charge is 2.07. The summed E-state index contributed by atoms with van der Waals surface area (Å²) in [7, 11) is 0. The molecule has 0 bridgehead atoms. The lowest BCUT2D eigenvalue weighted by atomic mass is 10.1. The van der Waals surface area contributed by atoms with Crippen LogP contribution in [0.25, 0.3) is 22.2 Å². The van der Waals surface area contributed by atoms with Crippen LogP contribution >= 0.6 is 15.9 Å². The van der Waals surface area contributed by atoms with Crippen molar-refractivity contribution in [2.45, 2.75) is 19.9 Å². The number of benzene rings is 2. The molecule has 4 heteroatoms. The summed E-state index contributed by atoms with van der Waals surface area (Å²) in [6.45, 7) is 3.89. The van der Waals surface area contributed by atoms with Crippen molar-refractivity contribution in [3.05, 3.63) is 52.8 Å². The number of nitrogens with zero attached hydrogens (tertiary/aromatic N) is 1. The van der Waals surface area contributed by atoms with Gasteiger partial charge in [-0.05, 0) is 48.0 Å². The topological polar surface area (TPSA) is 38.1 Å². The minimum Gasteiger partial charge on any atom is -0.444 e. The Balaban J connectivity index is 1.84. The van der Waals surface area contributed by atoms with Crippen LogP contribution in [0.5, 0.6) is 0 Å². The van der Waals surface area contributed by atoms with Crippen molar-refractivity contribution in [1.82, 2.24) is 10.3 Å². The highest BCUT2D eigenvalue weighted by Crippen LogP contribution is 2.26. The molecule has 0 amide bonds. The molecule has 21 heavy (non-hydrogen) atoms. The first-order valence-corrected chi connectivity index (χ1v) is 7.90. The second-order valence-corrected chi connectivity index (χ2v) is 5.94. The van der Waals surface area contributed by atoms with Gasteiger partial charge in [0, 0.05) is 16.6 Å². The number of halogens is 1. The molecule has 0 aliphatic heterocycles. The van der Waals surface area contributed by atoms with Crippen LogP contribution in [-0.2, 0) is 6.54 Å². The van der Waals surface area contributed by atoms with Gasteiger partial charge in [0.15, 0.2) is 0 Å². The van der Waals surface area contributed by atoms with Gasteiger partial charge < -0.3 is 9.73 Å². The van der Waals surface area contributed by atoms with Gasteiger partial charge >= 0.3 is 0 Å². The zero-order valence-corrected chi connectivity index (χ0v) is 13.5. The Kier molecular flexibility index (Phi) is 4.36. The zero-order valence-electron chi connectivity index (χ0n) is 11.9. The summed E-state index contributed by atoms with van der Waals surface area (Å²) < 4.78 is 6.68. The predicted octanol–water partition coefficient (Wildman–Crippen LogP) is 4.76. The predicted molar refractivity (Wildman–Crippen MR) is 89.1 cm³/mol. The molecular weight excluding hydrogens is 328 g/mol. The number of oxazole rings is 1. The molecule has 3 aromatic rings. The van der Waals surface area contributed by atoms with E-state index in [1.54, 1.807) is 6.26 Å². The number of fused-ring (bicyclic) bond motifs is 1. The van der Waals surface area contributed by atoms with Gasteiger partial charge in [-0.25, -0.2) is 4.98 Å². The molecule has 3 nitrogen and oxygen atoms in total. The van der Waals surface area contributed by atoms with E-state index in [1.165, 1.54) is 10.8 Å². The van der Waals surface area contributed by atoms with E-state index < -0.39 is 0 Å². The Morgan fingerprint density at radius 1 is 1.14 bits per heavy atom. The number of hydrogen-bond donors (Lipinski definition) is 1. The summed E-state index contributed by atoms with van der Waals surface area (Å²) >= 11 is 3.49. The largest absolute Gasteiger partial charge is 0.444 e. The summed E-state index contributed by atoms with van der Waals surface area (Å²) in [5.74, 6) is 0.674. The fourth-order valence-corrected chi connectivity index (χ4v) is 2.64. The molecule has 0 unspecified atom stereocenters. The van der Waals surface area contributed by atoms with Gasteiger partial charge in [0.25, 0.3) is 0 Å². The Hall–Kier alpha value is -1.65. The van der Waals surface area contributed by atoms with Crippen molar-refractivity contribution in [2.75, 3.05) is 6.54 Å². The Morgan fingerprint density at radius 3 is 2.81 bits per heavy atom. The maximum absolute atomic E-state index is 5.59. The summed E-state index contributed by atoms with van der Waals surface area (Å²) in [5, 5.41) is 5.70. The fraction of sp³-hybridized carbons (Fsp3) is 0.235. The van der Waals surface area contributed by atoms with Crippen molar-refractivity contribution in [3.63, 3.8) is 0 Å². The summed E-state index contributed by atoms with van der Waals surface area (Å²) in [6.07, 6.45) is 2.84. The van der Waals surface area contributed by atoms with Crippen LogP contribution in [0.2, 0.25) is 0 Å². The highest BCUT2D eigenvalue weighted by molar-refractivity contribution is 9.10. The molecule has 0 aliphatic rings. The van der Waals surface area contributed by atoms with Crippen molar-refractivity contribution < 1.29 is 4.42 Å². The molecular formula is C17H17BrN2O. The van der Waals surface area contributed by atoms with E-state index >= 15 is 0 Å². The van der Waals surface area contributed by atoms with E-state index in [9.17, 15) is 0 Å². The second-order valence-electron chi connectivity index (χ2n) is 5.03. The average Bonchev–Trinajstić information content (AvgIpc) is 2.96. The van der Waals surface area contributed by atoms with E-state index in [2.05, 4.69) is 57.4 Å². The molecule has 0 radical (unpaired) electrons. The quantitative estimate of drug-likeness (QED) is 0.678. The molecule has 1 heterocycles. The van der Waals surface area contributed by atoms with E-state index in [-0.39, 0.29) is 0 Å². The van der Waals surface area contributed by atoms with Gasteiger partial charge in [0.1, 0.15) is 6.26 Å². The van der Waals surface area contributed by atoms with Crippen molar-refractivity contribution in [2.24, 2.45) is 0 Å². The van der Waals surface area contributed by atoms with Gasteiger partial charge in [0.05, 0.1) is 5.69 Å². The number of nitrogens with one attached hydrogen (secondary N) is 1. The lowest BCUT2D eigenvalue weighted by molar-refractivity contribution is 0.570. The van der Waals surface area contributed by atoms with E-state index in [0.717, 1.165) is 35.2 Å². The van der Waals surface area contributed by atoms with Gasteiger partial charge in [-0.2, -0.15) is 0 Å². The summed E-state index contributed by atoms with van der Waals surface area (Å²) in [6, 6.07) is 12.5. The van der Waals surface area contributed by atoms with Crippen LogP contribution in [0, 0.1) is 0 Å². The first-order chi connectivity index (χ1) is 10.3. The molecule has 1 aromatic heterocycles. The SMILES string of the molecule is CCCNCc1coc(-c2ccc3cc(Br)ccc3c2)n1. The molecule has 0 fully saturated rings. The molecule has 108 valence electrons. The van der Waals surface area contributed by atoms with Crippen molar-refractivity contribution >= 4 is 26.7 Å². The summed E-state index contributed by atoms with van der Waals surface area (Å²) in [5.41, 5.74) is 1.95. The third-order valence-corrected chi connectivity index (χ3v) is 3.83. The highest BCUT2D eigenvalue weighted by atomic mass is 79.9. The number of rotatable bonds is 5. The van der Waals surface area contributed by atoms with Gasteiger partial charge in [-0.15, -0.1) is 0 Å². The van der Waals surface area contributed by atoms with Crippen LogP contribution in [0.15, 0.2) is 51.6 Å². The Bertz CT molecular complexity index is 751. The minimum absolute atomic E-state index is 0.674. The molecule has 0 atom stereocenters. The van der Waals surface area contributed by atoms with Gasteiger partial charge in [0.2, 0.25) is 5.89 Å². The normalized spacial score (nSPS) is 11.1. The van der Waals surface area contributed by atoms with Crippen LogP contribution in [0.4, 0.5) is 0 Å².